The highest BCUT2D eigenvalue weighted by atomic mass is 16.5. The average molecular weight is 413 g/mol. The second-order valence-electron chi connectivity index (χ2n) is 6.90. The number of nitrogens with one attached hydrogen (secondary N) is 2. The van der Waals surface area contributed by atoms with Gasteiger partial charge in [-0.2, -0.15) is 0 Å². The van der Waals surface area contributed by atoms with Crippen molar-refractivity contribution in [3.8, 4) is 11.5 Å². The van der Waals surface area contributed by atoms with Crippen molar-refractivity contribution in [1.29, 1.82) is 0 Å². The normalized spacial score (nSPS) is 17.9. The van der Waals surface area contributed by atoms with E-state index in [1.807, 2.05) is 37.3 Å². The summed E-state index contributed by atoms with van der Waals surface area (Å²) in [4.78, 5) is 15.1. The Kier molecular flexibility index (Phi) is 7.26. The third-order valence-corrected chi connectivity index (χ3v) is 4.84. The molecule has 8 nitrogen and oxygen atoms in total. The molecule has 2 heterocycles. The number of hydrogen-bond acceptors (Lipinski definition) is 7. The van der Waals surface area contributed by atoms with Crippen LogP contribution in [0.1, 0.15) is 30.9 Å². The number of benzene rings is 1. The molecule has 0 saturated heterocycles. The van der Waals surface area contributed by atoms with Crippen LogP contribution in [-0.2, 0) is 22.6 Å². The van der Waals surface area contributed by atoms with Gasteiger partial charge in [-0.3, -0.25) is 9.78 Å². The number of nitrogens with zero attached hydrogens (tertiary/aromatic N) is 1. The molecule has 1 aromatic carbocycles. The molecular weight excluding hydrogens is 386 g/mol. The Morgan fingerprint density at radius 2 is 2.10 bits per heavy atom. The molecule has 1 unspecified atom stereocenters. The fourth-order valence-corrected chi connectivity index (χ4v) is 3.41. The molecule has 2 aromatic rings. The average Bonchev–Trinajstić information content (AvgIpc) is 3.14. The maximum Gasteiger partial charge on any atom is 0.303 e. The summed E-state index contributed by atoms with van der Waals surface area (Å²) in [6.45, 7) is 2.77. The monoisotopic (exact) mass is 413 g/mol. The van der Waals surface area contributed by atoms with Crippen LogP contribution in [0.15, 0.2) is 54.5 Å². The first-order chi connectivity index (χ1) is 14.6. The summed E-state index contributed by atoms with van der Waals surface area (Å²) in [7, 11) is 1.60. The predicted octanol–water partition coefficient (Wildman–Crippen LogP) is 2.80. The molecule has 0 fully saturated rings. The van der Waals surface area contributed by atoms with E-state index < -0.39 is 11.7 Å². The molecule has 1 aromatic heterocycles. The van der Waals surface area contributed by atoms with Crippen molar-refractivity contribution in [2.24, 2.45) is 0 Å². The molecule has 3 rings (SSSR count). The lowest BCUT2D eigenvalue weighted by atomic mass is 9.93. The Morgan fingerprint density at radius 1 is 1.23 bits per heavy atom. The van der Waals surface area contributed by atoms with Gasteiger partial charge >= 0.3 is 5.97 Å². The Hall–Kier alpha value is -3.10. The van der Waals surface area contributed by atoms with Crippen LogP contribution < -0.4 is 20.3 Å². The highest BCUT2D eigenvalue weighted by Gasteiger charge is 2.38. The highest BCUT2D eigenvalue weighted by Crippen LogP contribution is 2.34. The van der Waals surface area contributed by atoms with Crippen LogP contribution >= 0.6 is 0 Å². The molecule has 160 valence electrons. The molecule has 30 heavy (non-hydrogen) atoms. The Morgan fingerprint density at radius 3 is 2.80 bits per heavy atom. The van der Waals surface area contributed by atoms with Crippen LogP contribution in [0.5, 0.6) is 11.5 Å². The van der Waals surface area contributed by atoms with Crippen molar-refractivity contribution in [3.05, 3.63) is 65.6 Å². The summed E-state index contributed by atoms with van der Waals surface area (Å²) in [6, 6.07) is 9.55. The minimum atomic E-state index is -0.843. The number of hydrogen-bond donors (Lipinski definition) is 3. The first kappa shape index (κ1) is 21.6. The first-order valence-electron chi connectivity index (χ1n) is 9.83. The maximum absolute atomic E-state index is 11.0. The van der Waals surface area contributed by atoms with Crippen LogP contribution in [0.4, 0.5) is 0 Å². The lowest BCUT2D eigenvalue weighted by Crippen LogP contribution is -2.50. The quantitative estimate of drug-likeness (QED) is 0.517. The van der Waals surface area contributed by atoms with Gasteiger partial charge < -0.3 is 24.7 Å². The van der Waals surface area contributed by atoms with Gasteiger partial charge in [0.2, 0.25) is 0 Å². The Labute approximate surface area is 175 Å². The van der Waals surface area contributed by atoms with Crippen molar-refractivity contribution >= 4 is 5.97 Å². The summed E-state index contributed by atoms with van der Waals surface area (Å²) < 4.78 is 17.5. The van der Waals surface area contributed by atoms with E-state index in [1.54, 1.807) is 25.7 Å². The van der Waals surface area contributed by atoms with Crippen LogP contribution in [-0.4, -0.2) is 35.5 Å². The number of rotatable bonds is 11. The van der Waals surface area contributed by atoms with Crippen LogP contribution in [0.2, 0.25) is 0 Å². The number of carboxylic acid groups (broad SMARTS) is 1. The molecule has 1 aliphatic heterocycles. The smallest absolute Gasteiger partial charge is 0.303 e. The van der Waals surface area contributed by atoms with Crippen LogP contribution in [0.3, 0.4) is 0 Å². The third-order valence-electron chi connectivity index (χ3n) is 4.84. The Bertz CT molecular complexity index is 888. The van der Waals surface area contributed by atoms with E-state index in [0.717, 1.165) is 16.7 Å². The summed E-state index contributed by atoms with van der Waals surface area (Å²) in [5.74, 6) is 0.407. The number of ether oxygens (including phenoxy) is 3. The first-order valence-corrected chi connectivity index (χ1v) is 9.83. The zero-order chi connectivity index (χ0) is 21.4. The lowest BCUT2D eigenvalue weighted by molar-refractivity contribution is -0.137. The molecule has 0 bridgehead atoms. The second kappa shape index (κ2) is 10.1. The Balaban J connectivity index is 1.75. The van der Waals surface area contributed by atoms with Gasteiger partial charge in [-0.1, -0.05) is 12.1 Å². The van der Waals surface area contributed by atoms with E-state index in [9.17, 15) is 4.79 Å². The van der Waals surface area contributed by atoms with Crippen LogP contribution in [0, 0.1) is 0 Å². The summed E-state index contributed by atoms with van der Waals surface area (Å²) in [6.07, 6.45) is 6.18. The standard InChI is InChI=1S/C22H27N3O5/c1-3-30-22(18(14-24-25-22)7-9-21(26)27)12-16-6-8-19(20(11-16)28-2)29-15-17-5-4-10-23-13-17/h4-6,8,10-11,13-14,24-25H,3,7,9,12,15H2,1-2H3,(H,26,27). The van der Waals surface area contributed by atoms with Gasteiger partial charge in [0.15, 0.2) is 17.2 Å². The number of pyridine rings is 1. The van der Waals surface area contributed by atoms with E-state index in [0.29, 0.717) is 37.6 Å². The zero-order valence-corrected chi connectivity index (χ0v) is 17.2. The van der Waals surface area contributed by atoms with Gasteiger partial charge in [-0.15, -0.1) is 0 Å². The van der Waals surface area contributed by atoms with Crippen LogP contribution in [0.25, 0.3) is 0 Å². The van der Waals surface area contributed by atoms with Gasteiger partial charge in [0.25, 0.3) is 0 Å². The lowest BCUT2D eigenvalue weighted by Gasteiger charge is -2.32. The van der Waals surface area contributed by atoms with Gasteiger partial charge in [0, 0.05) is 43.6 Å². The maximum atomic E-state index is 11.0. The fraction of sp³-hybridized carbons (Fsp3) is 0.364. The van der Waals surface area contributed by atoms with Crippen molar-refractivity contribution in [1.82, 2.24) is 15.8 Å². The molecular formula is C22H27N3O5. The van der Waals surface area contributed by atoms with Gasteiger partial charge in [-0.25, -0.2) is 5.43 Å². The van der Waals surface area contributed by atoms with Crippen molar-refractivity contribution < 1.29 is 24.1 Å². The summed E-state index contributed by atoms with van der Waals surface area (Å²) in [5.41, 5.74) is 8.12. The number of aromatic nitrogens is 1. The van der Waals surface area contributed by atoms with Crippen molar-refractivity contribution in [2.75, 3.05) is 13.7 Å². The molecule has 0 aliphatic carbocycles. The van der Waals surface area contributed by atoms with E-state index in [2.05, 4.69) is 15.8 Å². The molecule has 3 N–H and O–H groups in total. The number of hydrazine groups is 1. The number of methoxy groups -OCH3 is 1. The summed E-state index contributed by atoms with van der Waals surface area (Å²) >= 11 is 0. The molecule has 0 saturated carbocycles. The molecule has 0 amide bonds. The number of carbonyl (C=O) groups is 1. The van der Waals surface area contributed by atoms with Gasteiger partial charge in [0.1, 0.15) is 6.61 Å². The zero-order valence-electron chi connectivity index (χ0n) is 17.2. The SMILES string of the molecule is CCOC1(Cc2ccc(OCc3cccnc3)c(OC)c2)NNC=C1CCC(=O)O. The molecule has 1 atom stereocenters. The van der Waals surface area contributed by atoms with Gasteiger partial charge in [0.05, 0.1) is 7.11 Å². The van der Waals surface area contributed by atoms with Crippen molar-refractivity contribution in [3.63, 3.8) is 0 Å². The topological polar surface area (TPSA) is 102 Å². The molecule has 1 aliphatic rings. The number of aliphatic carboxylic acids is 1. The largest absolute Gasteiger partial charge is 0.493 e. The molecule has 8 heteroatoms. The van der Waals surface area contributed by atoms with E-state index in [-0.39, 0.29) is 6.42 Å². The minimum Gasteiger partial charge on any atom is -0.493 e. The van der Waals surface area contributed by atoms with Gasteiger partial charge in [-0.05, 0) is 42.7 Å². The van der Waals surface area contributed by atoms with E-state index >= 15 is 0 Å². The van der Waals surface area contributed by atoms with E-state index in [4.69, 9.17) is 19.3 Å². The summed E-state index contributed by atoms with van der Waals surface area (Å²) in [5, 5.41) is 9.05. The van der Waals surface area contributed by atoms with E-state index in [1.165, 1.54) is 0 Å². The minimum absolute atomic E-state index is 0.0362. The highest BCUT2D eigenvalue weighted by molar-refractivity contribution is 5.67. The molecule has 0 radical (unpaired) electrons. The number of carboxylic acids is 1. The second-order valence-corrected chi connectivity index (χ2v) is 6.90. The van der Waals surface area contributed by atoms with Crippen molar-refractivity contribution in [2.45, 2.75) is 38.5 Å². The molecule has 0 spiro atoms. The third kappa shape index (κ3) is 5.28. The fourth-order valence-electron chi connectivity index (χ4n) is 3.41. The predicted molar refractivity (Wildman–Crippen MR) is 111 cm³/mol.